The van der Waals surface area contributed by atoms with Crippen LogP contribution in [0.1, 0.15) is 20.7 Å². The Morgan fingerprint density at radius 1 is 1.00 bits per heavy atom. The van der Waals surface area contributed by atoms with Crippen molar-refractivity contribution in [1.82, 2.24) is 0 Å². The minimum Gasteiger partial charge on any atom is -0.504 e. The Hall–Kier alpha value is -2.24. The van der Waals surface area contributed by atoms with Gasteiger partial charge in [0.2, 0.25) is 5.78 Å². The molecule has 0 bridgehead atoms. The molecule has 0 aliphatic carbocycles. The summed E-state index contributed by atoms with van der Waals surface area (Å²) < 4.78 is 4.85. The smallest absolute Gasteiger partial charge is 0.338 e. The van der Waals surface area contributed by atoms with Crippen LogP contribution in [0.3, 0.4) is 0 Å². The van der Waals surface area contributed by atoms with Crippen LogP contribution >= 0.6 is 23.2 Å². The molecular weight excluding hydrogens is 331 g/mol. The SMILES string of the molecule is O=C(OCC(=O)c1ccc(Cl)cc1Cl)c1ccc(O)c(O)c1. The molecule has 0 heterocycles. The fraction of sp³-hybridized carbons (Fsp3) is 0.0667. The number of aromatic hydroxyl groups is 2. The van der Waals surface area contributed by atoms with Crippen LogP contribution in [0.4, 0.5) is 0 Å². The van der Waals surface area contributed by atoms with Gasteiger partial charge in [0, 0.05) is 10.6 Å². The summed E-state index contributed by atoms with van der Waals surface area (Å²) in [6.07, 6.45) is 0. The van der Waals surface area contributed by atoms with Crippen molar-refractivity contribution < 1.29 is 24.5 Å². The van der Waals surface area contributed by atoms with Crippen molar-refractivity contribution in [3.63, 3.8) is 0 Å². The molecule has 0 fully saturated rings. The number of halogens is 2. The highest BCUT2D eigenvalue weighted by molar-refractivity contribution is 6.36. The maximum Gasteiger partial charge on any atom is 0.338 e. The van der Waals surface area contributed by atoms with E-state index < -0.39 is 24.1 Å². The predicted molar refractivity (Wildman–Crippen MR) is 80.8 cm³/mol. The fourth-order valence-corrected chi connectivity index (χ4v) is 2.17. The molecule has 2 aromatic carbocycles. The van der Waals surface area contributed by atoms with Crippen molar-refractivity contribution in [3.05, 3.63) is 57.6 Å². The maximum absolute atomic E-state index is 11.9. The highest BCUT2D eigenvalue weighted by Crippen LogP contribution is 2.25. The van der Waals surface area contributed by atoms with Crippen LogP contribution in [-0.2, 0) is 4.74 Å². The van der Waals surface area contributed by atoms with Gasteiger partial charge in [0.05, 0.1) is 10.6 Å². The molecule has 2 N–H and O–H groups in total. The molecule has 0 spiro atoms. The molecule has 2 rings (SSSR count). The molecule has 0 radical (unpaired) electrons. The van der Waals surface area contributed by atoms with Crippen LogP contribution in [0, 0.1) is 0 Å². The van der Waals surface area contributed by atoms with Gasteiger partial charge in [-0.3, -0.25) is 4.79 Å². The van der Waals surface area contributed by atoms with E-state index in [1.165, 1.54) is 24.3 Å². The summed E-state index contributed by atoms with van der Waals surface area (Å²) in [5, 5.41) is 19.0. The van der Waals surface area contributed by atoms with Crippen LogP contribution < -0.4 is 0 Å². The van der Waals surface area contributed by atoms with Gasteiger partial charge in [-0.15, -0.1) is 0 Å². The molecule has 0 aliphatic rings. The molecule has 0 saturated carbocycles. The molecule has 2 aromatic rings. The Labute approximate surface area is 135 Å². The van der Waals surface area contributed by atoms with Crippen LogP contribution in [0.5, 0.6) is 11.5 Å². The number of benzene rings is 2. The number of ketones is 1. The molecule has 0 atom stereocenters. The molecule has 0 aromatic heterocycles. The Morgan fingerprint density at radius 2 is 1.73 bits per heavy atom. The monoisotopic (exact) mass is 340 g/mol. The fourth-order valence-electron chi connectivity index (χ4n) is 1.66. The van der Waals surface area contributed by atoms with Gasteiger partial charge in [0.15, 0.2) is 18.1 Å². The van der Waals surface area contributed by atoms with Gasteiger partial charge >= 0.3 is 5.97 Å². The summed E-state index contributed by atoms with van der Waals surface area (Å²) in [6.45, 7) is -0.512. The lowest BCUT2D eigenvalue weighted by Gasteiger charge is -2.07. The molecule has 7 heteroatoms. The third-order valence-electron chi connectivity index (χ3n) is 2.78. The van der Waals surface area contributed by atoms with E-state index in [0.29, 0.717) is 5.02 Å². The molecule has 5 nitrogen and oxygen atoms in total. The lowest BCUT2D eigenvalue weighted by molar-refractivity contribution is 0.0474. The zero-order valence-corrected chi connectivity index (χ0v) is 12.6. The highest BCUT2D eigenvalue weighted by atomic mass is 35.5. The zero-order chi connectivity index (χ0) is 16.3. The van der Waals surface area contributed by atoms with E-state index in [1.54, 1.807) is 0 Å². The standard InChI is InChI=1S/C15H10Cl2O5/c16-9-2-3-10(11(17)6-9)14(20)7-22-15(21)8-1-4-12(18)13(19)5-8/h1-6,18-19H,7H2. The molecule has 0 amide bonds. The Kier molecular flexibility index (Phi) is 4.90. The minimum atomic E-state index is -0.811. The summed E-state index contributed by atoms with van der Waals surface area (Å²) in [4.78, 5) is 23.7. The van der Waals surface area contributed by atoms with Crippen molar-refractivity contribution in [1.29, 1.82) is 0 Å². The van der Waals surface area contributed by atoms with Gasteiger partial charge in [-0.2, -0.15) is 0 Å². The summed E-state index contributed by atoms with van der Waals surface area (Å²) in [6, 6.07) is 7.79. The van der Waals surface area contributed by atoms with Gasteiger partial charge in [0.25, 0.3) is 0 Å². The number of rotatable bonds is 4. The van der Waals surface area contributed by atoms with E-state index in [2.05, 4.69) is 0 Å². The van der Waals surface area contributed by atoms with E-state index in [9.17, 15) is 14.7 Å². The number of carbonyl (C=O) groups is 2. The molecule has 0 unspecified atom stereocenters. The third-order valence-corrected chi connectivity index (χ3v) is 3.32. The van der Waals surface area contributed by atoms with Crippen LogP contribution in [0.25, 0.3) is 0 Å². The number of Topliss-reactive ketones (excluding diaryl/α,β-unsaturated/α-hetero) is 1. The van der Waals surface area contributed by atoms with Crippen molar-refractivity contribution in [2.45, 2.75) is 0 Å². The Balaban J connectivity index is 2.04. The van der Waals surface area contributed by atoms with Crippen molar-refractivity contribution in [2.75, 3.05) is 6.61 Å². The largest absolute Gasteiger partial charge is 0.504 e. The summed E-state index contributed by atoms with van der Waals surface area (Å²) in [7, 11) is 0. The number of phenols is 2. The number of hydrogen-bond donors (Lipinski definition) is 2. The molecule has 0 saturated heterocycles. The third kappa shape index (κ3) is 3.69. The van der Waals surface area contributed by atoms with Crippen molar-refractivity contribution in [3.8, 4) is 11.5 Å². The van der Waals surface area contributed by atoms with Crippen LogP contribution in [0.15, 0.2) is 36.4 Å². The Bertz CT molecular complexity index is 743. The zero-order valence-electron chi connectivity index (χ0n) is 11.0. The van der Waals surface area contributed by atoms with Gasteiger partial charge in [0.1, 0.15) is 0 Å². The minimum absolute atomic E-state index is 0.00491. The quantitative estimate of drug-likeness (QED) is 0.506. The average Bonchev–Trinajstić information content (AvgIpc) is 2.47. The van der Waals surface area contributed by atoms with Crippen LogP contribution in [0.2, 0.25) is 10.0 Å². The highest BCUT2D eigenvalue weighted by Gasteiger charge is 2.15. The van der Waals surface area contributed by atoms with Crippen molar-refractivity contribution >= 4 is 35.0 Å². The summed E-state index contributed by atoms with van der Waals surface area (Å²) in [5.74, 6) is -2.12. The van der Waals surface area contributed by atoms with E-state index in [1.807, 2.05) is 0 Å². The van der Waals surface area contributed by atoms with Crippen LogP contribution in [-0.4, -0.2) is 28.6 Å². The van der Waals surface area contributed by atoms with Gasteiger partial charge in [-0.05, 0) is 36.4 Å². The Morgan fingerprint density at radius 3 is 2.36 bits per heavy atom. The molecule has 114 valence electrons. The van der Waals surface area contributed by atoms with E-state index in [4.69, 9.17) is 33.0 Å². The topological polar surface area (TPSA) is 83.8 Å². The molecule has 0 aliphatic heterocycles. The first-order valence-electron chi connectivity index (χ1n) is 6.06. The number of carbonyl (C=O) groups excluding carboxylic acids is 2. The number of hydrogen-bond acceptors (Lipinski definition) is 5. The van der Waals surface area contributed by atoms with Gasteiger partial charge < -0.3 is 14.9 Å². The normalized spacial score (nSPS) is 10.3. The number of phenolic OH excluding ortho intramolecular Hbond substituents is 2. The second-order valence-corrected chi connectivity index (χ2v) is 5.17. The summed E-state index contributed by atoms with van der Waals surface area (Å²) >= 11 is 11.6. The average molecular weight is 341 g/mol. The second-order valence-electron chi connectivity index (χ2n) is 4.33. The van der Waals surface area contributed by atoms with Crippen molar-refractivity contribution in [2.24, 2.45) is 0 Å². The number of ether oxygens (including phenoxy) is 1. The first-order valence-corrected chi connectivity index (χ1v) is 6.81. The summed E-state index contributed by atoms with van der Waals surface area (Å²) in [5.41, 5.74) is 0.192. The maximum atomic E-state index is 11.9. The second kappa shape index (κ2) is 6.68. The predicted octanol–water partition coefficient (Wildman–Crippen LogP) is 3.44. The van der Waals surface area contributed by atoms with Gasteiger partial charge in [-0.25, -0.2) is 4.79 Å². The lowest BCUT2D eigenvalue weighted by Crippen LogP contribution is -2.14. The first kappa shape index (κ1) is 16.1. The van der Waals surface area contributed by atoms with Gasteiger partial charge in [-0.1, -0.05) is 23.2 Å². The number of esters is 1. The van der Waals surface area contributed by atoms with E-state index >= 15 is 0 Å². The molecule has 22 heavy (non-hydrogen) atoms. The lowest BCUT2D eigenvalue weighted by atomic mass is 10.1. The van der Waals surface area contributed by atoms with E-state index in [-0.39, 0.29) is 21.9 Å². The molecular formula is C15H10Cl2O5. The van der Waals surface area contributed by atoms with E-state index in [0.717, 1.165) is 12.1 Å². The first-order chi connectivity index (χ1) is 10.4.